The van der Waals surface area contributed by atoms with E-state index in [1.165, 1.54) is 17.5 Å². The Labute approximate surface area is 166 Å². The lowest BCUT2D eigenvalue weighted by molar-refractivity contribution is 0.0773. The van der Waals surface area contributed by atoms with Gasteiger partial charge in [-0.3, -0.25) is 14.5 Å². The van der Waals surface area contributed by atoms with Crippen molar-refractivity contribution in [3.05, 3.63) is 40.3 Å². The molecule has 2 aromatic rings. The zero-order chi connectivity index (χ0) is 19.5. The van der Waals surface area contributed by atoms with Crippen LogP contribution in [0.3, 0.4) is 0 Å². The van der Waals surface area contributed by atoms with Crippen molar-refractivity contribution < 1.29 is 4.79 Å². The van der Waals surface area contributed by atoms with E-state index in [4.69, 9.17) is 0 Å². The van der Waals surface area contributed by atoms with E-state index in [0.29, 0.717) is 29.1 Å². The molecule has 2 aliphatic rings. The minimum atomic E-state index is -0.0976. The van der Waals surface area contributed by atoms with Gasteiger partial charge >= 0.3 is 0 Å². The molecule has 1 atom stereocenters. The first kappa shape index (κ1) is 19.1. The fraction of sp³-hybridized carbons (Fsp3) is 0.591. The average Bonchev–Trinajstić information content (AvgIpc) is 3.41. The van der Waals surface area contributed by atoms with E-state index < -0.39 is 0 Å². The normalized spacial score (nSPS) is 20.3. The summed E-state index contributed by atoms with van der Waals surface area (Å²) in [6.07, 6.45) is 6.59. The molecule has 0 N–H and O–H groups in total. The van der Waals surface area contributed by atoms with Gasteiger partial charge in [0.1, 0.15) is 0 Å². The van der Waals surface area contributed by atoms with Crippen LogP contribution in [0.5, 0.6) is 0 Å². The molecule has 4 rings (SSSR count). The molecular weight excluding hydrogens is 352 g/mol. The highest BCUT2D eigenvalue weighted by atomic mass is 16.2. The summed E-state index contributed by atoms with van der Waals surface area (Å²) in [5, 5.41) is 5.80. The van der Waals surface area contributed by atoms with Gasteiger partial charge in [-0.2, -0.15) is 5.10 Å². The summed E-state index contributed by atoms with van der Waals surface area (Å²) in [4.78, 5) is 30.6. The molecule has 2 fully saturated rings. The Kier molecular flexibility index (Phi) is 5.76. The monoisotopic (exact) mass is 382 g/mol. The number of aromatic nitrogens is 2. The van der Waals surface area contributed by atoms with E-state index in [2.05, 4.69) is 16.9 Å². The first-order valence-corrected chi connectivity index (χ1v) is 10.7. The van der Waals surface area contributed by atoms with Crippen molar-refractivity contribution in [1.29, 1.82) is 0 Å². The van der Waals surface area contributed by atoms with Crippen molar-refractivity contribution in [2.75, 3.05) is 26.2 Å². The van der Waals surface area contributed by atoms with E-state index in [1.807, 2.05) is 29.2 Å². The molecule has 0 bridgehead atoms. The predicted molar refractivity (Wildman–Crippen MR) is 111 cm³/mol. The highest BCUT2D eigenvalue weighted by molar-refractivity contribution is 6.04. The molecule has 2 aliphatic heterocycles. The first-order valence-electron chi connectivity index (χ1n) is 10.7. The number of rotatable bonds is 6. The Morgan fingerprint density at radius 3 is 2.61 bits per heavy atom. The van der Waals surface area contributed by atoms with Crippen LogP contribution in [-0.4, -0.2) is 57.7 Å². The molecule has 1 aromatic heterocycles. The van der Waals surface area contributed by atoms with Crippen LogP contribution in [0.25, 0.3) is 10.8 Å². The number of likely N-dealkylation sites (tertiary alicyclic amines) is 2. The van der Waals surface area contributed by atoms with E-state index in [-0.39, 0.29) is 11.5 Å². The Balaban J connectivity index is 1.62. The average molecular weight is 383 g/mol. The maximum absolute atomic E-state index is 13.3. The Morgan fingerprint density at radius 2 is 1.86 bits per heavy atom. The highest BCUT2D eigenvalue weighted by Gasteiger charge is 2.33. The third-order valence-electron chi connectivity index (χ3n) is 6.15. The van der Waals surface area contributed by atoms with Gasteiger partial charge in [0.05, 0.1) is 5.39 Å². The van der Waals surface area contributed by atoms with Gasteiger partial charge in [-0.15, -0.1) is 0 Å². The topological polar surface area (TPSA) is 58.4 Å². The largest absolute Gasteiger partial charge is 0.336 e. The van der Waals surface area contributed by atoms with Gasteiger partial charge in [0, 0.05) is 31.1 Å². The lowest BCUT2D eigenvalue weighted by Crippen LogP contribution is -2.38. The molecule has 0 aliphatic carbocycles. The number of aryl methyl sites for hydroxylation is 1. The van der Waals surface area contributed by atoms with Gasteiger partial charge < -0.3 is 4.90 Å². The molecule has 0 saturated carbocycles. The third kappa shape index (κ3) is 3.70. The summed E-state index contributed by atoms with van der Waals surface area (Å²) >= 11 is 0. The van der Waals surface area contributed by atoms with Crippen LogP contribution in [0.15, 0.2) is 29.1 Å². The van der Waals surface area contributed by atoms with Crippen molar-refractivity contribution >= 4 is 16.7 Å². The van der Waals surface area contributed by atoms with Crippen LogP contribution in [0, 0.1) is 0 Å². The number of carbonyl (C=O) groups is 1. The van der Waals surface area contributed by atoms with Crippen LogP contribution in [0.2, 0.25) is 0 Å². The van der Waals surface area contributed by atoms with Gasteiger partial charge in [0.25, 0.3) is 11.5 Å². The number of hydrogen-bond acceptors (Lipinski definition) is 4. The predicted octanol–water partition coefficient (Wildman–Crippen LogP) is 2.90. The Morgan fingerprint density at radius 1 is 1.11 bits per heavy atom. The maximum atomic E-state index is 13.3. The van der Waals surface area contributed by atoms with Crippen LogP contribution in [0.1, 0.15) is 55.9 Å². The number of amides is 1. The van der Waals surface area contributed by atoms with Crippen molar-refractivity contribution in [2.24, 2.45) is 0 Å². The Bertz CT molecular complexity index is 901. The van der Waals surface area contributed by atoms with E-state index in [0.717, 1.165) is 51.9 Å². The lowest BCUT2D eigenvalue weighted by atomic mass is 10.1. The quantitative estimate of drug-likeness (QED) is 0.721. The minimum absolute atomic E-state index is 0.0397. The molecule has 6 nitrogen and oxygen atoms in total. The molecule has 6 heteroatoms. The van der Waals surface area contributed by atoms with Crippen molar-refractivity contribution in [3.8, 4) is 0 Å². The van der Waals surface area contributed by atoms with E-state index in [1.54, 1.807) is 0 Å². The van der Waals surface area contributed by atoms with Crippen LogP contribution < -0.4 is 5.56 Å². The van der Waals surface area contributed by atoms with Gasteiger partial charge in [-0.1, -0.05) is 38.0 Å². The molecule has 150 valence electrons. The molecule has 0 spiro atoms. The smallest absolute Gasteiger partial charge is 0.275 e. The summed E-state index contributed by atoms with van der Waals surface area (Å²) in [5.74, 6) is -0.0397. The third-order valence-corrected chi connectivity index (χ3v) is 6.15. The fourth-order valence-electron chi connectivity index (χ4n) is 4.54. The summed E-state index contributed by atoms with van der Waals surface area (Å²) in [7, 11) is 0. The van der Waals surface area contributed by atoms with E-state index in [9.17, 15) is 9.59 Å². The standard InChI is InChI=1S/C22H30N4O2/c1-2-3-6-14-26-21(27)19-10-5-4-9-18(19)20(23-26)22(28)25-15-11-17(16-25)24-12-7-8-13-24/h4-5,9-10,17H,2-3,6-8,11-16H2,1H3. The molecule has 2 saturated heterocycles. The molecule has 3 heterocycles. The zero-order valence-electron chi connectivity index (χ0n) is 16.8. The highest BCUT2D eigenvalue weighted by Crippen LogP contribution is 2.23. The van der Waals surface area contributed by atoms with Crippen molar-refractivity contribution in [1.82, 2.24) is 19.6 Å². The summed E-state index contributed by atoms with van der Waals surface area (Å²) < 4.78 is 1.50. The van der Waals surface area contributed by atoms with E-state index >= 15 is 0 Å². The molecule has 1 aromatic carbocycles. The van der Waals surface area contributed by atoms with Crippen LogP contribution >= 0.6 is 0 Å². The van der Waals surface area contributed by atoms with Gasteiger partial charge in [0.15, 0.2) is 5.69 Å². The number of benzene rings is 1. The van der Waals surface area contributed by atoms with Crippen LogP contribution in [-0.2, 0) is 6.54 Å². The van der Waals surface area contributed by atoms with Crippen molar-refractivity contribution in [2.45, 2.75) is 58.0 Å². The summed E-state index contributed by atoms with van der Waals surface area (Å²) in [5.41, 5.74) is 0.327. The maximum Gasteiger partial charge on any atom is 0.275 e. The fourth-order valence-corrected chi connectivity index (χ4v) is 4.54. The molecule has 1 amide bonds. The minimum Gasteiger partial charge on any atom is -0.336 e. The molecule has 28 heavy (non-hydrogen) atoms. The SMILES string of the molecule is CCCCCn1nc(C(=O)N2CCC(N3CCCC3)C2)c2ccccc2c1=O. The first-order chi connectivity index (χ1) is 13.7. The van der Waals surface area contributed by atoms with Gasteiger partial charge in [0.2, 0.25) is 0 Å². The Hall–Kier alpha value is -2.21. The number of unbranched alkanes of at least 4 members (excludes halogenated alkanes) is 2. The second kappa shape index (κ2) is 8.43. The van der Waals surface area contributed by atoms with Crippen LogP contribution in [0.4, 0.5) is 0 Å². The summed E-state index contributed by atoms with van der Waals surface area (Å²) in [6.45, 7) is 6.53. The number of nitrogens with zero attached hydrogens (tertiary/aromatic N) is 4. The summed E-state index contributed by atoms with van der Waals surface area (Å²) in [6, 6.07) is 7.85. The molecular formula is C22H30N4O2. The van der Waals surface area contributed by atoms with Gasteiger partial charge in [-0.25, -0.2) is 4.68 Å². The van der Waals surface area contributed by atoms with Gasteiger partial charge in [-0.05, 0) is 44.8 Å². The number of carbonyl (C=O) groups excluding carboxylic acids is 1. The van der Waals surface area contributed by atoms with Crippen molar-refractivity contribution in [3.63, 3.8) is 0 Å². The number of hydrogen-bond donors (Lipinski definition) is 0. The molecule has 0 radical (unpaired) electrons. The second-order valence-corrected chi connectivity index (χ2v) is 8.07. The lowest BCUT2D eigenvalue weighted by Gasteiger charge is -2.23. The molecule has 1 unspecified atom stereocenters. The number of fused-ring (bicyclic) bond motifs is 1. The second-order valence-electron chi connectivity index (χ2n) is 8.07. The zero-order valence-corrected chi connectivity index (χ0v) is 16.8.